The molecule has 0 radical (unpaired) electrons. The number of benzene rings is 1. The molecule has 0 aliphatic carbocycles. The van der Waals surface area contributed by atoms with Crippen LogP contribution in [0.1, 0.15) is 32.8 Å². The quantitative estimate of drug-likeness (QED) is 0.779. The van der Waals surface area contributed by atoms with Crippen molar-refractivity contribution in [2.75, 3.05) is 25.0 Å². The Balaban J connectivity index is 2.48. The molecule has 0 aromatic heterocycles. The van der Waals surface area contributed by atoms with Crippen LogP contribution < -0.4 is 10.2 Å². The largest absolute Gasteiger partial charge is 0.375 e. The second kappa shape index (κ2) is 7.33. The Hall–Kier alpha value is -1.02. The van der Waals surface area contributed by atoms with Gasteiger partial charge in [-0.2, -0.15) is 0 Å². The summed E-state index contributed by atoms with van der Waals surface area (Å²) in [5, 5.41) is 3.34. The van der Waals surface area contributed by atoms with Crippen molar-refractivity contribution in [2.24, 2.45) is 5.92 Å². The molecule has 0 unspecified atom stereocenters. The Morgan fingerprint density at radius 2 is 1.82 bits per heavy atom. The molecule has 0 fully saturated rings. The lowest BCUT2D eigenvalue weighted by Gasteiger charge is -2.20. The second-order valence-electron chi connectivity index (χ2n) is 5.05. The number of hydrogen-bond donors (Lipinski definition) is 1. The molecule has 96 valence electrons. The minimum Gasteiger partial charge on any atom is -0.375 e. The van der Waals surface area contributed by atoms with Crippen LogP contribution in [-0.2, 0) is 6.54 Å². The first kappa shape index (κ1) is 14.0. The summed E-state index contributed by atoms with van der Waals surface area (Å²) >= 11 is 0. The second-order valence-corrected chi connectivity index (χ2v) is 5.05. The van der Waals surface area contributed by atoms with Gasteiger partial charge in [0, 0.05) is 25.8 Å². The van der Waals surface area contributed by atoms with Gasteiger partial charge in [0.25, 0.3) is 0 Å². The molecule has 0 aliphatic heterocycles. The molecule has 2 heteroatoms. The van der Waals surface area contributed by atoms with Crippen molar-refractivity contribution in [3.8, 4) is 0 Å². The van der Waals surface area contributed by atoms with Gasteiger partial charge in [0.1, 0.15) is 0 Å². The molecule has 0 saturated carbocycles. The van der Waals surface area contributed by atoms with Crippen LogP contribution >= 0.6 is 0 Å². The molecule has 0 aliphatic rings. The van der Waals surface area contributed by atoms with Crippen LogP contribution in [0.2, 0.25) is 0 Å². The van der Waals surface area contributed by atoms with Crippen LogP contribution in [0.15, 0.2) is 24.3 Å². The van der Waals surface area contributed by atoms with E-state index in [1.165, 1.54) is 17.7 Å². The van der Waals surface area contributed by atoms with Gasteiger partial charge in [0.2, 0.25) is 0 Å². The third kappa shape index (κ3) is 5.22. The summed E-state index contributed by atoms with van der Waals surface area (Å²) in [5.74, 6) is 0.769. The van der Waals surface area contributed by atoms with Gasteiger partial charge >= 0.3 is 0 Å². The lowest BCUT2D eigenvalue weighted by Crippen LogP contribution is -2.20. The summed E-state index contributed by atoms with van der Waals surface area (Å²) in [6.45, 7) is 9.79. The fraction of sp³-hybridized carbons (Fsp3) is 0.600. The Morgan fingerprint density at radius 3 is 2.35 bits per heavy atom. The standard InChI is InChI=1S/C15H26N2/c1-5-16-12-14-6-8-15(9-7-14)17(4)11-10-13(2)3/h6-9,13,16H,5,10-12H2,1-4H3. The first-order chi connectivity index (χ1) is 8.13. The highest BCUT2D eigenvalue weighted by Gasteiger charge is 2.02. The van der Waals surface area contributed by atoms with Gasteiger partial charge < -0.3 is 10.2 Å². The zero-order chi connectivity index (χ0) is 12.7. The maximum absolute atomic E-state index is 3.34. The molecule has 1 rings (SSSR count). The van der Waals surface area contributed by atoms with Crippen LogP contribution in [0.4, 0.5) is 5.69 Å². The van der Waals surface area contributed by atoms with Gasteiger partial charge in [0.05, 0.1) is 0 Å². The first-order valence-electron chi connectivity index (χ1n) is 6.64. The highest BCUT2D eigenvalue weighted by atomic mass is 15.1. The van der Waals surface area contributed by atoms with Gasteiger partial charge in [0.15, 0.2) is 0 Å². The molecule has 0 amide bonds. The van der Waals surface area contributed by atoms with Crippen molar-refractivity contribution in [3.63, 3.8) is 0 Å². The number of nitrogens with one attached hydrogen (secondary N) is 1. The van der Waals surface area contributed by atoms with Gasteiger partial charge in [-0.1, -0.05) is 32.9 Å². The zero-order valence-corrected chi connectivity index (χ0v) is 11.7. The Kier molecular flexibility index (Phi) is 6.06. The lowest BCUT2D eigenvalue weighted by molar-refractivity contribution is 0.585. The number of rotatable bonds is 7. The van der Waals surface area contributed by atoms with Crippen molar-refractivity contribution in [2.45, 2.75) is 33.7 Å². The summed E-state index contributed by atoms with van der Waals surface area (Å²) in [7, 11) is 2.17. The van der Waals surface area contributed by atoms with Crippen molar-refractivity contribution in [1.82, 2.24) is 5.32 Å². The number of anilines is 1. The van der Waals surface area contributed by atoms with Gasteiger partial charge in [-0.3, -0.25) is 0 Å². The molecule has 1 aromatic carbocycles. The van der Waals surface area contributed by atoms with Gasteiger partial charge in [-0.25, -0.2) is 0 Å². The molecular formula is C15H26N2. The van der Waals surface area contributed by atoms with Crippen molar-refractivity contribution in [3.05, 3.63) is 29.8 Å². The van der Waals surface area contributed by atoms with Crippen molar-refractivity contribution in [1.29, 1.82) is 0 Å². The molecule has 0 spiro atoms. The Labute approximate surface area is 106 Å². The maximum Gasteiger partial charge on any atom is 0.0363 e. The van der Waals surface area contributed by atoms with Crippen LogP contribution in [0.3, 0.4) is 0 Å². The van der Waals surface area contributed by atoms with E-state index in [1.807, 2.05) is 0 Å². The van der Waals surface area contributed by atoms with Gasteiger partial charge in [-0.05, 0) is 36.6 Å². The van der Waals surface area contributed by atoms with Crippen LogP contribution in [0.25, 0.3) is 0 Å². The molecule has 2 nitrogen and oxygen atoms in total. The van der Waals surface area contributed by atoms with E-state index in [9.17, 15) is 0 Å². The first-order valence-corrected chi connectivity index (χ1v) is 6.64. The van der Waals surface area contributed by atoms with E-state index < -0.39 is 0 Å². The highest BCUT2D eigenvalue weighted by molar-refractivity contribution is 5.46. The smallest absolute Gasteiger partial charge is 0.0363 e. The van der Waals surface area contributed by atoms with Crippen molar-refractivity contribution >= 4 is 5.69 Å². The van der Waals surface area contributed by atoms with E-state index in [2.05, 4.69) is 62.3 Å². The summed E-state index contributed by atoms with van der Waals surface area (Å²) in [6.07, 6.45) is 1.25. The zero-order valence-electron chi connectivity index (χ0n) is 11.7. The normalized spacial score (nSPS) is 10.9. The van der Waals surface area contributed by atoms with E-state index >= 15 is 0 Å². The molecule has 0 atom stereocenters. The van der Waals surface area contributed by atoms with Crippen molar-refractivity contribution < 1.29 is 0 Å². The van der Waals surface area contributed by atoms with Gasteiger partial charge in [-0.15, -0.1) is 0 Å². The van der Waals surface area contributed by atoms with E-state index in [0.717, 1.165) is 25.6 Å². The molecule has 1 N–H and O–H groups in total. The minimum atomic E-state index is 0.769. The third-order valence-electron chi connectivity index (χ3n) is 3.00. The molecule has 0 heterocycles. The fourth-order valence-corrected chi connectivity index (χ4v) is 1.72. The lowest BCUT2D eigenvalue weighted by atomic mass is 10.1. The fourth-order valence-electron chi connectivity index (χ4n) is 1.72. The summed E-state index contributed by atoms with van der Waals surface area (Å²) in [4.78, 5) is 2.33. The third-order valence-corrected chi connectivity index (χ3v) is 3.00. The Bertz CT molecular complexity index is 303. The number of nitrogens with zero attached hydrogens (tertiary/aromatic N) is 1. The van der Waals surface area contributed by atoms with E-state index in [1.54, 1.807) is 0 Å². The Morgan fingerprint density at radius 1 is 1.18 bits per heavy atom. The molecule has 0 bridgehead atoms. The molecule has 0 saturated heterocycles. The van der Waals surface area contributed by atoms with Crippen LogP contribution in [-0.4, -0.2) is 20.1 Å². The van der Waals surface area contributed by atoms with E-state index in [4.69, 9.17) is 0 Å². The van der Waals surface area contributed by atoms with Crippen LogP contribution in [0, 0.1) is 5.92 Å². The average Bonchev–Trinajstić information content (AvgIpc) is 2.34. The monoisotopic (exact) mass is 234 g/mol. The predicted octanol–water partition coefficient (Wildman–Crippen LogP) is 3.28. The number of hydrogen-bond acceptors (Lipinski definition) is 2. The van der Waals surface area contributed by atoms with E-state index in [-0.39, 0.29) is 0 Å². The van der Waals surface area contributed by atoms with E-state index in [0.29, 0.717) is 0 Å². The molecule has 1 aromatic rings. The molecule has 17 heavy (non-hydrogen) atoms. The summed E-state index contributed by atoms with van der Waals surface area (Å²) in [5.41, 5.74) is 2.67. The summed E-state index contributed by atoms with van der Waals surface area (Å²) in [6, 6.07) is 8.85. The predicted molar refractivity (Wildman–Crippen MR) is 76.5 cm³/mol. The maximum atomic E-state index is 3.34. The highest BCUT2D eigenvalue weighted by Crippen LogP contribution is 2.15. The topological polar surface area (TPSA) is 15.3 Å². The summed E-state index contributed by atoms with van der Waals surface area (Å²) < 4.78 is 0. The minimum absolute atomic E-state index is 0.769. The average molecular weight is 234 g/mol. The SMILES string of the molecule is CCNCc1ccc(N(C)CCC(C)C)cc1. The van der Waals surface area contributed by atoms with Crippen LogP contribution in [0.5, 0.6) is 0 Å². The molecular weight excluding hydrogens is 208 g/mol.